The van der Waals surface area contributed by atoms with Gasteiger partial charge in [0.05, 0.1) is 24.4 Å². The van der Waals surface area contributed by atoms with Crippen LogP contribution in [0.1, 0.15) is 28.5 Å². The molecule has 1 N–H and O–H groups in total. The van der Waals surface area contributed by atoms with E-state index in [9.17, 15) is 18.8 Å². The second-order valence-electron chi connectivity index (χ2n) is 6.57. The summed E-state index contributed by atoms with van der Waals surface area (Å²) in [7, 11) is 0. The van der Waals surface area contributed by atoms with Crippen molar-refractivity contribution in [2.24, 2.45) is 0 Å². The second-order valence-corrected chi connectivity index (χ2v) is 6.57. The van der Waals surface area contributed by atoms with Crippen LogP contribution in [0.15, 0.2) is 59.4 Å². The number of esters is 1. The summed E-state index contributed by atoms with van der Waals surface area (Å²) in [5.41, 5.74) is 1.20. The van der Waals surface area contributed by atoms with Crippen molar-refractivity contribution < 1.29 is 18.7 Å². The minimum atomic E-state index is -0.792. The van der Waals surface area contributed by atoms with E-state index < -0.39 is 23.3 Å². The predicted molar refractivity (Wildman–Crippen MR) is 109 cm³/mol. The number of rotatable bonds is 6. The zero-order valence-electron chi connectivity index (χ0n) is 16.5. The quantitative estimate of drug-likeness (QED) is 0.632. The van der Waals surface area contributed by atoms with Gasteiger partial charge >= 0.3 is 5.97 Å². The van der Waals surface area contributed by atoms with Gasteiger partial charge in [-0.2, -0.15) is 9.78 Å². The SMILES string of the molecule is CCOC(=O)c1nn(-c2ccc(F)cc2)c(=O)cc1NC(=O)Cc1cccc(C)c1. The van der Waals surface area contributed by atoms with Gasteiger partial charge in [-0.15, -0.1) is 0 Å². The first-order valence-corrected chi connectivity index (χ1v) is 9.30. The number of carbonyl (C=O) groups is 2. The molecule has 0 aliphatic carbocycles. The number of benzene rings is 2. The third-order valence-electron chi connectivity index (χ3n) is 4.19. The van der Waals surface area contributed by atoms with E-state index in [2.05, 4.69) is 10.4 Å². The fourth-order valence-corrected chi connectivity index (χ4v) is 2.87. The van der Waals surface area contributed by atoms with E-state index in [1.165, 1.54) is 24.3 Å². The molecule has 0 aliphatic heterocycles. The standard InChI is InChI=1S/C22H20FN3O4/c1-3-30-22(29)21-18(24-19(27)12-15-6-4-5-14(2)11-15)13-20(28)26(25-21)17-9-7-16(23)8-10-17/h4-11,13H,3,12H2,1-2H3,(H,24,27). The fourth-order valence-electron chi connectivity index (χ4n) is 2.87. The summed E-state index contributed by atoms with van der Waals surface area (Å²) in [5, 5.41) is 6.63. The highest BCUT2D eigenvalue weighted by Crippen LogP contribution is 2.15. The highest BCUT2D eigenvalue weighted by Gasteiger charge is 2.20. The normalized spacial score (nSPS) is 10.5. The fraction of sp³-hybridized carbons (Fsp3) is 0.182. The number of aromatic nitrogens is 2. The molecule has 30 heavy (non-hydrogen) atoms. The smallest absolute Gasteiger partial charge is 0.360 e. The van der Waals surface area contributed by atoms with E-state index in [0.717, 1.165) is 21.9 Å². The van der Waals surface area contributed by atoms with E-state index in [4.69, 9.17) is 4.74 Å². The Labute approximate surface area is 172 Å². The molecular formula is C22H20FN3O4. The van der Waals surface area contributed by atoms with Crippen LogP contribution in [0.25, 0.3) is 5.69 Å². The second kappa shape index (κ2) is 9.13. The van der Waals surface area contributed by atoms with Crippen LogP contribution < -0.4 is 10.9 Å². The number of nitrogens with one attached hydrogen (secondary N) is 1. The van der Waals surface area contributed by atoms with E-state index in [1.54, 1.807) is 6.92 Å². The van der Waals surface area contributed by atoms with Crippen molar-refractivity contribution in [1.82, 2.24) is 9.78 Å². The molecule has 1 amide bonds. The molecule has 1 heterocycles. The molecule has 3 aromatic rings. The maximum atomic E-state index is 13.2. The predicted octanol–water partition coefficient (Wildman–Crippen LogP) is 3.04. The van der Waals surface area contributed by atoms with Crippen molar-refractivity contribution in [3.63, 3.8) is 0 Å². The summed E-state index contributed by atoms with van der Waals surface area (Å²) < 4.78 is 19.1. The van der Waals surface area contributed by atoms with Crippen LogP contribution in [0.2, 0.25) is 0 Å². The molecule has 0 spiro atoms. The Balaban J connectivity index is 1.95. The number of amides is 1. The minimum Gasteiger partial charge on any atom is -0.461 e. The average Bonchev–Trinajstić information content (AvgIpc) is 2.69. The molecule has 2 aromatic carbocycles. The first-order valence-electron chi connectivity index (χ1n) is 9.30. The molecule has 1 aromatic heterocycles. The number of ether oxygens (including phenoxy) is 1. The van der Waals surface area contributed by atoms with Crippen LogP contribution in [0.4, 0.5) is 10.1 Å². The summed E-state index contributed by atoms with van der Waals surface area (Å²) in [6.45, 7) is 3.63. The third kappa shape index (κ3) is 4.96. The molecule has 0 saturated heterocycles. The lowest BCUT2D eigenvalue weighted by atomic mass is 10.1. The topological polar surface area (TPSA) is 90.3 Å². The number of hydrogen-bond donors (Lipinski definition) is 1. The van der Waals surface area contributed by atoms with E-state index >= 15 is 0 Å². The van der Waals surface area contributed by atoms with Gasteiger partial charge in [-0.3, -0.25) is 9.59 Å². The van der Waals surface area contributed by atoms with Gasteiger partial charge in [-0.25, -0.2) is 9.18 Å². The number of carbonyl (C=O) groups excluding carboxylic acids is 2. The molecular weight excluding hydrogens is 389 g/mol. The molecule has 7 nitrogen and oxygen atoms in total. The van der Waals surface area contributed by atoms with Gasteiger partial charge in [0.1, 0.15) is 5.82 Å². The van der Waals surface area contributed by atoms with Gasteiger partial charge in [-0.1, -0.05) is 29.8 Å². The molecule has 0 unspecified atom stereocenters. The molecule has 0 aliphatic rings. The minimum absolute atomic E-state index is 0.0468. The first-order chi connectivity index (χ1) is 14.4. The van der Waals surface area contributed by atoms with Crippen molar-refractivity contribution in [1.29, 1.82) is 0 Å². The summed E-state index contributed by atoms with van der Waals surface area (Å²) in [4.78, 5) is 37.4. The number of halogens is 1. The Morgan fingerprint density at radius 3 is 2.53 bits per heavy atom. The monoisotopic (exact) mass is 409 g/mol. The Morgan fingerprint density at radius 2 is 1.87 bits per heavy atom. The number of hydrogen-bond acceptors (Lipinski definition) is 5. The Bertz CT molecular complexity index is 1140. The summed E-state index contributed by atoms with van der Waals surface area (Å²) in [5.74, 6) is -1.68. The van der Waals surface area contributed by atoms with Crippen LogP contribution in [0.5, 0.6) is 0 Å². The van der Waals surface area contributed by atoms with Gasteiger partial charge in [0.15, 0.2) is 5.69 Å². The van der Waals surface area contributed by atoms with Crippen molar-refractivity contribution in [2.75, 3.05) is 11.9 Å². The van der Waals surface area contributed by atoms with Gasteiger partial charge in [0.25, 0.3) is 5.56 Å². The summed E-state index contributed by atoms with van der Waals surface area (Å²) in [6, 6.07) is 13.6. The van der Waals surface area contributed by atoms with Crippen LogP contribution in [-0.4, -0.2) is 28.3 Å². The van der Waals surface area contributed by atoms with E-state index in [1.807, 2.05) is 31.2 Å². The van der Waals surface area contributed by atoms with Crippen molar-refractivity contribution in [3.05, 3.63) is 87.6 Å². The molecule has 0 fully saturated rings. The van der Waals surface area contributed by atoms with Gasteiger partial charge < -0.3 is 10.1 Å². The number of nitrogens with zero attached hydrogens (tertiary/aromatic N) is 2. The largest absolute Gasteiger partial charge is 0.461 e. The number of anilines is 1. The Kier molecular flexibility index (Phi) is 6.36. The summed E-state index contributed by atoms with van der Waals surface area (Å²) >= 11 is 0. The van der Waals surface area contributed by atoms with Gasteiger partial charge in [-0.05, 0) is 43.7 Å². The van der Waals surface area contributed by atoms with Crippen LogP contribution in [0.3, 0.4) is 0 Å². The van der Waals surface area contributed by atoms with Gasteiger partial charge in [0, 0.05) is 6.07 Å². The lowest BCUT2D eigenvalue weighted by Crippen LogP contribution is -2.27. The zero-order valence-corrected chi connectivity index (χ0v) is 16.5. The zero-order chi connectivity index (χ0) is 21.7. The van der Waals surface area contributed by atoms with Crippen molar-refractivity contribution in [3.8, 4) is 5.69 Å². The molecule has 8 heteroatoms. The molecule has 0 bridgehead atoms. The van der Waals surface area contributed by atoms with Crippen LogP contribution in [0, 0.1) is 12.7 Å². The molecule has 3 rings (SSSR count). The van der Waals surface area contributed by atoms with Crippen LogP contribution >= 0.6 is 0 Å². The van der Waals surface area contributed by atoms with E-state index in [0.29, 0.717) is 0 Å². The van der Waals surface area contributed by atoms with Crippen molar-refractivity contribution in [2.45, 2.75) is 20.3 Å². The average molecular weight is 409 g/mol. The van der Waals surface area contributed by atoms with E-state index in [-0.39, 0.29) is 30.1 Å². The Morgan fingerprint density at radius 1 is 1.13 bits per heavy atom. The molecule has 154 valence electrons. The first kappa shape index (κ1) is 20.9. The maximum Gasteiger partial charge on any atom is 0.360 e. The summed E-state index contributed by atoms with van der Waals surface area (Å²) in [6.07, 6.45) is 0.0605. The van der Waals surface area contributed by atoms with Gasteiger partial charge in [0.2, 0.25) is 5.91 Å². The van der Waals surface area contributed by atoms with Crippen LogP contribution in [-0.2, 0) is 16.0 Å². The maximum absolute atomic E-state index is 13.2. The van der Waals surface area contributed by atoms with Crippen molar-refractivity contribution >= 4 is 17.6 Å². The molecule has 0 radical (unpaired) electrons. The highest BCUT2D eigenvalue weighted by molar-refractivity contribution is 6.00. The highest BCUT2D eigenvalue weighted by atomic mass is 19.1. The Hall–Kier alpha value is -3.81. The lowest BCUT2D eigenvalue weighted by Gasteiger charge is -2.12. The third-order valence-corrected chi connectivity index (χ3v) is 4.19. The molecule has 0 atom stereocenters. The molecule has 0 saturated carbocycles. The number of aryl methyl sites for hydroxylation is 1. The lowest BCUT2D eigenvalue weighted by molar-refractivity contribution is -0.115.